The van der Waals surface area contributed by atoms with Gasteiger partial charge in [0.05, 0.1) is 22.8 Å². The van der Waals surface area contributed by atoms with Gasteiger partial charge in [-0.05, 0) is 48.4 Å². The van der Waals surface area contributed by atoms with Crippen LogP contribution in [-0.4, -0.2) is 16.1 Å². The van der Waals surface area contributed by atoms with Gasteiger partial charge in [0.2, 0.25) is 5.43 Å². The standard InChI is InChI=1S/C27H19ClN2O4/c1-15-10-19-24(12-22(15)30-14-16-6-4-5-9-29-16)34-25-13-23(31)21(28)11-20(25)26(19)17-7-2-3-8-18(17)27(32)33/h2-13,30H,14H2,1H3,(H,32,33). The minimum Gasteiger partial charge on any atom is -0.478 e. The van der Waals surface area contributed by atoms with Crippen LogP contribution in [0.15, 0.2) is 82.1 Å². The van der Waals surface area contributed by atoms with Crippen LogP contribution in [0.25, 0.3) is 33.4 Å². The minimum absolute atomic E-state index is 0.0430. The number of anilines is 1. The molecule has 0 saturated carbocycles. The molecule has 168 valence electrons. The van der Waals surface area contributed by atoms with E-state index >= 15 is 0 Å². The normalized spacial score (nSPS) is 11.1. The van der Waals surface area contributed by atoms with Gasteiger partial charge in [0.15, 0.2) is 0 Å². The smallest absolute Gasteiger partial charge is 0.336 e. The lowest BCUT2D eigenvalue weighted by atomic mass is 9.90. The molecule has 1 aliphatic heterocycles. The Labute approximate surface area is 199 Å². The Morgan fingerprint density at radius 2 is 1.85 bits per heavy atom. The Balaban J connectivity index is 1.77. The maximum absolute atomic E-state index is 12.3. The SMILES string of the molecule is Cc1cc2c(-c3ccccc3C(=O)O)c3cc(Cl)c(=O)cc-3oc2cc1NCc1ccccn1. The fraction of sp³-hybridized carbons (Fsp3) is 0.0741. The van der Waals surface area contributed by atoms with Gasteiger partial charge in [0.1, 0.15) is 11.3 Å². The number of rotatable bonds is 5. The second-order valence-corrected chi connectivity index (χ2v) is 8.35. The highest BCUT2D eigenvalue weighted by Crippen LogP contribution is 2.43. The van der Waals surface area contributed by atoms with Crippen LogP contribution in [0.3, 0.4) is 0 Å². The van der Waals surface area contributed by atoms with Gasteiger partial charge in [-0.15, -0.1) is 0 Å². The molecule has 0 fully saturated rings. The van der Waals surface area contributed by atoms with Crippen LogP contribution in [0.4, 0.5) is 5.69 Å². The van der Waals surface area contributed by atoms with Crippen LogP contribution in [0.1, 0.15) is 21.6 Å². The average molecular weight is 471 g/mol. The van der Waals surface area contributed by atoms with E-state index in [0.717, 1.165) is 22.3 Å². The van der Waals surface area contributed by atoms with Crippen molar-refractivity contribution in [3.8, 4) is 22.5 Å². The summed E-state index contributed by atoms with van der Waals surface area (Å²) in [5.74, 6) is -0.716. The van der Waals surface area contributed by atoms with Crippen molar-refractivity contribution in [2.45, 2.75) is 13.5 Å². The van der Waals surface area contributed by atoms with Crippen molar-refractivity contribution in [2.24, 2.45) is 0 Å². The summed E-state index contributed by atoms with van der Waals surface area (Å²) >= 11 is 6.17. The van der Waals surface area contributed by atoms with Crippen molar-refractivity contribution >= 4 is 34.2 Å². The molecule has 0 unspecified atom stereocenters. The van der Waals surface area contributed by atoms with Gasteiger partial charge in [-0.25, -0.2) is 4.79 Å². The number of halogens is 1. The number of carboxylic acid groups (broad SMARTS) is 1. The first-order valence-corrected chi connectivity index (χ1v) is 11.0. The van der Waals surface area contributed by atoms with E-state index in [0.29, 0.717) is 34.6 Å². The van der Waals surface area contributed by atoms with Crippen molar-refractivity contribution in [3.05, 3.63) is 105 Å². The van der Waals surface area contributed by atoms with Crippen molar-refractivity contribution < 1.29 is 14.3 Å². The number of nitrogens with one attached hydrogen (secondary N) is 1. The Bertz CT molecular complexity index is 1580. The van der Waals surface area contributed by atoms with E-state index in [2.05, 4.69) is 10.3 Å². The predicted octanol–water partition coefficient (Wildman–Crippen LogP) is 6.23. The van der Waals surface area contributed by atoms with Crippen LogP contribution >= 0.6 is 11.6 Å². The molecule has 3 aromatic rings. The molecule has 0 bridgehead atoms. The molecule has 2 heterocycles. The van der Waals surface area contributed by atoms with Gasteiger partial charge in [0.25, 0.3) is 0 Å². The predicted molar refractivity (Wildman–Crippen MR) is 133 cm³/mol. The molecule has 0 radical (unpaired) electrons. The van der Waals surface area contributed by atoms with Crippen molar-refractivity contribution in [3.63, 3.8) is 0 Å². The van der Waals surface area contributed by atoms with Gasteiger partial charge in [-0.3, -0.25) is 9.78 Å². The fourth-order valence-corrected chi connectivity index (χ4v) is 4.27. The minimum atomic E-state index is -1.05. The molecule has 2 aliphatic rings. The van der Waals surface area contributed by atoms with Gasteiger partial charge in [0, 0.05) is 40.5 Å². The largest absolute Gasteiger partial charge is 0.478 e. The first-order chi connectivity index (χ1) is 16.4. The van der Waals surface area contributed by atoms with Gasteiger partial charge < -0.3 is 14.8 Å². The highest BCUT2D eigenvalue weighted by molar-refractivity contribution is 6.31. The summed E-state index contributed by atoms with van der Waals surface area (Å²) in [6, 6.07) is 19.2. The quantitative estimate of drug-likeness (QED) is 0.296. The lowest BCUT2D eigenvalue weighted by Gasteiger charge is -2.19. The zero-order chi connectivity index (χ0) is 23.8. The number of carboxylic acids is 1. The summed E-state index contributed by atoms with van der Waals surface area (Å²) < 4.78 is 6.13. The van der Waals surface area contributed by atoms with E-state index in [1.165, 1.54) is 6.07 Å². The number of carbonyl (C=O) groups is 1. The molecular formula is C27H19ClN2O4. The van der Waals surface area contributed by atoms with Crippen LogP contribution < -0.4 is 10.7 Å². The fourth-order valence-electron chi connectivity index (χ4n) is 4.10. The van der Waals surface area contributed by atoms with E-state index in [1.807, 2.05) is 37.3 Å². The third kappa shape index (κ3) is 3.89. The van der Waals surface area contributed by atoms with Crippen molar-refractivity contribution in [1.29, 1.82) is 0 Å². The maximum Gasteiger partial charge on any atom is 0.336 e. The number of nitrogens with zero attached hydrogens (tertiary/aromatic N) is 1. The molecule has 5 rings (SSSR count). The highest BCUT2D eigenvalue weighted by Gasteiger charge is 2.23. The van der Waals surface area contributed by atoms with E-state index in [1.54, 1.807) is 36.5 Å². The van der Waals surface area contributed by atoms with Crippen molar-refractivity contribution in [1.82, 2.24) is 4.98 Å². The number of fused-ring (bicyclic) bond motifs is 2. The topological polar surface area (TPSA) is 92.4 Å². The molecule has 7 heteroatoms. The monoisotopic (exact) mass is 470 g/mol. The molecule has 2 aromatic carbocycles. The Morgan fingerprint density at radius 3 is 2.62 bits per heavy atom. The second-order valence-electron chi connectivity index (χ2n) is 7.94. The van der Waals surface area contributed by atoms with Gasteiger partial charge >= 0.3 is 5.97 Å². The summed E-state index contributed by atoms with van der Waals surface area (Å²) in [6.07, 6.45) is 1.74. The number of benzene rings is 3. The van der Waals surface area contributed by atoms with Crippen LogP contribution in [0, 0.1) is 6.92 Å². The van der Waals surface area contributed by atoms with E-state index in [-0.39, 0.29) is 16.0 Å². The molecule has 0 saturated heterocycles. The molecule has 1 aliphatic carbocycles. The van der Waals surface area contributed by atoms with Gasteiger partial charge in [-0.1, -0.05) is 35.9 Å². The van der Waals surface area contributed by atoms with Crippen LogP contribution in [0.2, 0.25) is 5.02 Å². The molecule has 0 amide bonds. The highest BCUT2D eigenvalue weighted by atomic mass is 35.5. The third-order valence-electron chi connectivity index (χ3n) is 5.73. The molecule has 1 aromatic heterocycles. The summed E-state index contributed by atoms with van der Waals surface area (Å²) in [4.78, 5) is 28.6. The van der Waals surface area contributed by atoms with Gasteiger partial charge in [-0.2, -0.15) is 0 Å². The Kier molecular flexibility index (Phi) is 5.51. The molecule has 2 N–H and O–H groups in total. The molecule has 0 spiro atoms. The molecule has 6 nitrogen and oxygen atoms in total. The molecular weight excluding hydrogens is 452 g/mol. The number of hydrogen-bond acceptors (Lipinski definition) is 5. The summed E-state index contributed by atoms with van der Waals surface area (Å²) in [6.45, 7) is 2.49. The molecule has 0 atom stereocenters. The number of aromatic nitrogens is 1. The lowest BCUT2D eigenvalue weighted by Crippen LogP contribution is -2.06. The van der Waals surface area contributed by atoms with E-state index in [4.69, 9.17) is 16.0 Å². The zero-order valence-electron chi connectivity index (χ0n) is 18.1. The number of aryl methyl sites for hydroxylation is 1. The summed E-state index contributed by atoms with van der Waals surface area (Å²) in [5.41, 5.74) is 4.70. The molecule has 34 heavy (non-hydrogen) atoms. The van der Waals surface area contributed by atoms with Crippen LogP contribution in [-0.2, 0) is 6.54 Å². The Morgan fingerprint density at radius 1 is 1.06 bits per heavy atom. The second kappa shape index (κ2) is 8.65. The zero-order valence-corrected chi connectivity index (χ0v) is 18.9. The maximum atomic E-state index is 12.3. The van der Waals surface area contributed by atoms with E-state index in [9.17, 15) is 14.7 Å². The number of pyridine rings is 1. The average Bonchev–Trinajstić information content (AvgIpc) is 2.83. The lowest BCUT2D eigenvalue weighted by molar-refractivity contribution is 0.0697. The van der Waals surface area contributed by atoms with Crippen molar-refractivity contribution in [2.75, 3.05) is 5.32 Å². The first kappa shape index (κ1) is 21.7. The third-order valence-corrected chi connectivity index (χ3v) is 6.03. The Hall–Kier alpha value is -4.16. The summed E-state index contributed by atoms with van der Waals surface area (Å²) in [5, 5.41) is 14.0. The van der Waals surface area contributed by atoms with Crippen LogP contribution in [0.5, 0.6) is 0 Å². The number of aromatic carboxylic acids is 1. The van der Waals surface area contributed by atoms with E-state index < -0.39 is 5.97 Å². The summed E-state index contributed by atoms with van der Waals surface area (Å²) in [7, 11) is 0. The number of hydrogen-bond donors (Lipinski definition) is 2. The first-order valence-electron chi connectivity index (χ1n) is 10.6.